The zero-order valence-corrected chi connectivity index (χ0v) is 11.7. The molecule has 4 atom stereocenters. The number of nitrogens with two attached hydrogens (primary N) is 1. The Morgan fingerprint density at radius 1 is 1.06 bits per heavy atom. The second-order valence-corrected chi connectivity index (χ2v) is 6.11. The van der Waals surface area contributed by atoms with Gasteiger partial charge < -0.3 is 5.73 Å². The zero-order chi connectivity index (χ0) is 12.3. The first kappa shape index (κ1) is 13.4. The van der Waals surface area contributed by atoms with Crippen molar-refractivity contribution in [1.29, 1.82) is 0 Å². The molecule has 0 aromatic rings. The lowest BCUT2D eigenvalue weighted by atomic mass is 9.79. The molecule has 0 amide bonds. The lowest BCUT2D eigenvalue weighted by Crippen LogP contribution is -2.56. The highest BCUT2D eigenvalue weighted by Crippen LogP contribution is 2.33. The molecular formula is C15H30N2. The molecule has 4 unspecified atom stereocenters. The average molecular weight is 238 g/mol. The van der Waals surface area contributed by atoms with Crippen LogP contribution in [0.2, 0.25) is 0 Å². The molecule has 1 saturated heterocycles. The molecule has 1 aliphatic carbocycles. The van der Waals surface area contributed by atoms with Crippen molar-refractivity contribution in [2.75, 3.05) is 6.54 Å². The summed E-state index contributed by atoms with van der Waals surface area (Å²) in [5.41, 5.74) is 6.40. The van der Waals surface area contributed by atoms with Crippen LogP contribution in [0.25, 0.3) is 0 Å². The third-order valence-corrected chi connectivity index (χ3v) is 5.12. The van der Waals surface area contributed by atoms with Gasteiger partial charge in [-0.2, -0.15) is 0 Å². The minimum atomic E-state index is 0.435. The quantitative estimate of drug-likeness (QED) is 0.818. The summed E-state index contributed by atoms with van der Waals surface area (Å²) in [6.45, 7) is 5.98. The molecule has 100 valence electrons. The topological polar surface area (TPSA) is 29.3 Å². The van der Waals surface area contributed by atoms with Crippen LogP contribution in [0.5, 0.6) is 0 Å². The summed E-state index contributed by atoms with van der Waals surface area (Å²) < 4.78 is 0. The SMILES string of the molecule is CCC1CCC(N)C(N2CCCCC2CC)C1. The molecule has 1 aliphatic heterocycles. The molecule has 0 aromatic carbocycles. The predicted octanol–water partition coefficient (Wildman–Crippen LogP) is 3.16. The second kappa shape index (κ2) is 6.19. The van der Waals surface area contributed by atoms with Gasteiger partial charge in [0.25, 0.3) is 0 Å². The minimum absolute atomic E-state index is 0.435. The largest absolute Gasteiger partial charge is 0.326 e. The van der Waals surface area contributed by atoms with E-state index in [4.69, 9.17) is 5.73 Å². The van der Waals surface area contributed by atoms with Crippen molar-refractivity contribution in [1.82, 2.24) is 4.90 Å². The minimum Gasteiger partial charge on any atom is -0.326 e. The van der Waals surface area contributed by atoms with Crippen molar-refractivity contribution >= 4 is 0 Å². The lowest BCUT2D eigenvalue weighted by molar-refractivity contribution is 0.0441. The van der Waals surface area contributed by atoms with Crippen molar-refractivity contribution in [2.24, 2.45) is 11.7 Å². The number of nitrogens with zero attached hydrogens (tertiary/aromatic N) is 1. The van der Waals surface area contributed by atoms with Gasteiger partial charge in [-0.1, -0.05) is 26.7 Å². The standard InChI is InChI=1S/C15H30N2/c1-3-12-8-9-14(16)15(11-12)17-10-6-5-7-13(17)4-2/h12-15H,3-11,16H2,1-2H3. The molecule has 2 N–H and O–H groups in total. The van der Waals surface area contributed by atoms with Crippen LogP contribution >= 0.6 is 0 Å². The van der Waals surface area contributed by atoms with E-state index < -0.39 is 0 Å². The van der Waals surface area contributed by atoms with E-state index in [0.717, 1.165) is 12.0 Å². The number of rotatable bonds is 3. The molecule has 0 bridgehead atoms. The van der Waals surface area contributed by atoms with Crippen molar-refractivity contribution in [3.05, 3.63) is 0 Å². The van der Waals surface area contributed by atoms with Gasteiger partial charge in [0.05, 0.1) is 0 Å². The smallest absolute Gasteiger partial charge is 0.0252 e. The Morgan fingerprint density at radius 2 is 1.88 bits per heavy atom. The summed E-state index contributed by atoms with van der Waals surface area (Å²) in [6, 6.07) is 1.93. The highest BCUT2D eigenvalue weighted by Gasteiger charge is 2.35. The molecule has 1 heterocycles. The first-order chi connectivity index (χ1) is 8.26. The van der Waals surface area contributed by atoms with Crippen LogP contribution in [0.4, 0.5) is 0 Å². The summed E-state index contributed by atoms with van der Waals surface area (Å²) in [4.78, 5) is 2.77. The molecule has 0 aromatic heterocycles. The van der Waals surface area contributed by atoms with Gasteiger partial charge in [0, 0.05) is 18.1 Å². The molecule has 2 heteroatoms. The fourth-order valence-corrected chi connectivity index (χ4v) is 3.90. The molecular weight excluding hydrogens is 208 g/mol. The number of hydrogen-bond acceptors (Lipinski definition) is 2. The van der Waals surface area contributed by atoms with Crippen molar-refractivity contribution < 1.29 is 0 Å². The molecule has 2 aliphatic rings. The lowest BCUT2D eigenvalue weighted by Gasteiger charge is -2.46. The van der Waals surface area contributed by atoms with Crippen LogP contribution in [0.3, 0.4) is 0 Å². The second-order valence-electron chi connectivity index (χ2n) is 6.11. The van der Waals surface area contributed by atoms with E-state index in [1.54, 1.807) is 0 Å². The first-order valence-electron chi connectivity index (χ1n) is 7.77. The van der Waals surface area contributed by atoms with E-state index in [9.17, 15) is 0 Å². The summed E-state index contributed by atoms with van der Waals surface area (Å²) in [5, 5.41) is 0. The predicted molar refractivity (Wildman–Crippen MR) is 74.0 cm³/mol. The molecule has 2 fully saturated rings. The Labute approximate surface area is 107 Å². The van der Waals surface area contributed by atoms with Gasteiger partial charge in [-0.15, -0.1) is 0 Å². The Bertz CT molecular complexity index is 229. The van der Waals surface area contributed by atoms with Gasteiger partial charge in [0.2, 0.25) is 0 Å². The maximum Gasteiger partial charge on any atom is 0.0252 e. The van der Waals surface area contributed by atoms with Crippen LogP contribution in [0.1, 0.15) is 65.2 Å². The number of piperidine rings is 1. The maximum atomic E-state index is 6.40. The van der Waals surface area contributed by atoms with Crippen LogP contribution in [0, 0.1) is 5.92 Å². The maximum absolute atomic E-state index is 6.40. The van der Waals surface area contributed by atoms with Crippen LogP contribution in [-0.2, 0) is 0 Å². The number of likely N-dealkylation sites (tertiary alicyclic amines) is 1. The third-order valence-electron chi connectivity index (χ3n) is 5.12. The highest BCUT2D eigenvalue weighted by atomic mass is 15.2. The Balaban J connectivity index is 2.01. The van der Waals surface area contributed by atoms with Crippen LogP contribution < -0.4 is 5.73 Å². The summed E-state index contributed by atoms with van der Waals surface area (Å²) in [7, 11) is 0. The first-order valence-corrected chi connectivity index (χ1v) is 7.77. The van der Waals surface area contributed by atoms with Gasteiger partial charge >= 0.3 is 0 Å². The normalized spacial score (nSPS) is 40.4. The Hall–Kier alpha value is -0.0800. The van der Waals surface area contributed by atoms with Gasteiger partial charge in [-0.3, -0.25) is 4.90 Å². The van der Waals surface area contributed by atoms with Crippen molar-refractivity contribution in [3.8, 4) is 0 Å². The fourth-order valence-electron chi connectivity index (χ4n) is 3.90. The molecule has 0 radical (unpaired) electrons. The Morgan fingerprint density at radius 3 is 2.59 bits per heavy atom. The number of hydrogen-bond donors (Lipinski definition) is 1. The van der Waals surface area contributed by atoms with E-state index in [2.05, 4.69) is 18.7 Å². The van der Waals surface area contributed by atoms with Gasteiger partial charge in [-0.05, 0) is 51.0 Å². The molecule has 17 heavy (non-hydrogen) atoms. The van der Waals surface area contributed by atoms with Crippen LogP contribution in [0.15, 0.2) is 0 Å². The Kier molecular flexibility index (Phi) is 4.87. The molecule has 0 spiro atoms. The van der Waals surface area contributed by atoms with E-state index >= 15 is 0 Å². The summed E-state index contributed by atoms with van der Waals surface area (Å²) in [6.07, 6.45) is 10.8. The average Bonchev–Trinajstić information content (AvgIpc) is 2.39. The van der Waals surface area contributed by atoms with Crippen LogP contribution in [-0.4, -0.2) is 29.6 Å². The highest BCUT2D eigenvalue weighted by molar-refractivity contribution is 4.92. The van der Waals surface area contributed by atoms with E-state index in [1.165, 1.54) is 57.9 Å². The molecule has 2 rings (SSSR count). The van der Waals surface area contributed by atoms with Gasteiger partial charge in [0.15, 0.2) is 0 Å². The van der Waals surface area contributed by atoms with Crippen molar-refractivity contribution in [3.63, 3.8) is 0 Å². The zero-order valence-electron chi connectivity index (χ0n) is 11.7. The molecule has 1 saturated carbocycles. The van der Waals surface area contributed by atoms with Gasteiger partial charge in [-0.25, -0.2) is 0 Å². The van der Waals surface area contributed by atoms with E-state index in [-0.39, 0.29) is 0 Å². The monoisotopic (exact) mass is 238 g/mol. The van der Waals surface area contributed by atoms with E-state index in [1.807, 2.05) is 0 Å². The van der Waals surface area contributed by atoms with Gasteiger partial charge in [0.1, 0.15) is 0 Å². The van der Waals surface area contributed by atoms with Crippen molar-refractivity contribution in [2.45, 2.75) is 83.3 Å². The summed E-state index contributed by atoms with van der Waals surface area (Å²) >= 11 is 0. The third kappa shape index (κ3) is 3.03. The van der Waals surface area contributed by atoms with E-state index in [0.29, 0.717) is 12.1 Å². The summed E-state index contributed by atoms with van der Waals surface area (Å²) in [5.74, 6) is 0.930. The fraction of sp³-hybridized carbons (Fsp3) is 1.00. The molecule has 2 nitrogen and oxygen atoms in total.